The van der Waals surface area contributed by atoms with Gasteiger partial charge in [0.2, 0.25) is 0 Å². The molecule has 0 spiro atoms. The van der Waals surface area contributed by atoms with E-state index >= 15 is 0 Å². The van der Waals surface area contributed by atoms with Gasteiger partial charge in [0, 0.05) is 34.1 Å². The number of halogens is 3. The molecule has 152 valence electrons. The Morgan fingerprint density at radius 2 is 1.97 bits per heavy atom. The molecule has 1 aliphatic carbocycles. The summed E-state index contributed by atoms with van der Waals surface area (Å²) >= 11 is 12.3. The van der Waals surface area contributed by atoms with Crippen molar-refractivity contribution in [3.05, 3.63) is 58.2 Å². The molecule has 5 nitrogen and oxygen atoms in total. The van der Waals surface area contributed by atoms with Crippen LogP contribution in [0.3, 0.4) is 0 Å². The van der Waals surface area contributed by atoms with Gasteiger partial charge >= 0.3 is 0 Å². The summed E-state index contributed by atoms with van der Waals surface area (Å²) in [5.74, 6) is 0.0492. The molecule has 3 aromatic rings. The molecule has 8 heteroatoms. The Labute approximate surface area is 178 Å². The lowest BCUT2D eigenvalue weighted by Crippen LogP contribution is -2.08. The van der Waals surface area contributed by atoms with E-state index in [1.54, 1.807) is 19.2 Å². The van der Waals surface area contributed by atoms with Gasteiger partial charge in [0.05, 0.1) is 17.3 Å². The molecule has 0 bridgehead atoms. The predicted octanol–water partition coefficient (Wildman–Crippen LogP) is 6.23. The molecule has 0 unspecified atom stereocenters. The van der Waals surface area contributed by atoms with Crippen LogP contribution in [0.2, 0.25) is 10.0 Å². The minimum atomic E-state index is -0.619. The van der Waals surface area contributed by atoms with Gasteiger partial charge in [-0.05, 0) is 38.0 Å². The van der Waals surface area contributed by atoms with Crippen LogP contribution in [0.25, 0.3) is 11.1 Å². The standard InChI is InChI=1S/C21H21Cl2FN4O/c1-12(19-16(22)6-7-17(24)20(19)23)29-18-8-13(9-26-21(18)25)14-10-27-28(11-14)15-4-2-3-5-15/h6-12,15H,2-5H2,1H3,(H2,25,26)/t12-/m1/s1. The van der Waals surface area contributed by atoms with Gasteiger partial charge < -0.3 is 10.5 Å². The van der Waals surface area contributed by atoms with Gasteiger partial charge in [-0.2, -0.15) is 5.10 Å². The second kappa shape index (κ2) is 8.20. The Morgan fingerprint density at radius 3 is 2.72 bits per heavy atom. The molecular weight excluding hydrogens is 414 g/mol. The summed E-state index contributed by atoms with van der Waals surface area (Å²) in [6.07, 6.45) is 9.70. The Kier molecular flexibility index (Phi) is 5.65. The maximum absolute atomic E-state index is 13.9. The first-order chi connectivity index (χ1) is 13.9. The maximum Gasteiger partial charge on any atom is 0.166 e. The van der Waals surface area contributed by atoms with Gasteiger partial charge in [0.25, 0.3) is 0 Å². The van der Waals surface area contributed by atoms with E-state index in [9.17, 15) is 4.39 Å². The SMILES string of the molecule is C[C@@H](Oc1cc(-c2cnn(C3CCCC3)c2)cnc1N)c1c(Cl)ccc(F)c1Cl. The fourth-order valence-corrected chi connectivity index (χ4v) is 4.41. The molecule has 0 saturated heterocycles. The van der Waals surface area contributed by atoms with E-state index in [2.05, 4.69) is 10.1 Å². The van der Waals surface area contributed by atoms with Crippen molar-refractivity contribution in [3.8, 4) is 16.9 Å². The van der Waals surface area contributed by atoms with Gasteiger partial charge in [-0.25, -0.2) is 9.37 Å². The van der Waals surface area contributed by atoms with Crippen LogP contribution in [0.15, 0.2) is 36.8 Å². The quantitative estimate of drug-likeness (QED) is 0.483. The number of benzene rings is 1. The highest BCUT2D eigenvalue weighted by Gasteiger charge is 2.21. The molecule has 4 rings (SSSR count). The van der Waals surface area contributed by atoms with Crippen LogP contribution in [-0.2, 0) is 0 Å². The van der Waals surface area contributed by atoms with Gasteiger partial charge in [-0.1, -0.05) is 36.0 Å². The van der Waals surface area contributed by atoms with E-state index in [4.69, 9.17) is 33.7 Å². The Balaban J connectivity index is 1.60. The number of nitrogen functional groups attached to an aromatic ring is 1. The highest BCUT2D eigenvalue weighted by molar-refractivity contribution is 6.36. The Hall–Kier alpha value is -2.31. The van der Waals surface area contributed by atoms with Crippen LogP contribution < -0.4 is 10.5 Å². The molecule has 0 radical (unpaired) electrons. The van der Waals surface area contributed by atoms with Crippen LogP contribution in [-0.4, -0.2) is 14.8 Å². The third-order valence-corrected chi connectivity index (χ3v) is 6.02. The summed E-state index contributed by atoms with van der Waals surface area (Å²) in [5, 5.41) is 4.77. The number of nitrogens with two attached hydrogens (primary N) is 1. The summed E-state index contributed by atoms with van der Waals surface area (Å²) in [6, 6.07) is 4.93. The van der Waals surface area contributed by atoms with Crippen molar-refractivity contribution < 1.29 is 9.13 Å². The maximum atomic E-state index is 13.9. The summed E-state index contributed by atoms with van der Waals surface area (Å²) in [6.45, 7) is 1.73. The molecule has 1 aliphatic rings. The lowest BCUT2D eigenvalue weighted by molar-refractivity contribution is 0.227. The smallest absolute Gasteiger partial charge is 0.166 e. The van der Waals surface area contributed by atoms with E-state index in [-0.39, 0.29) is 10.8 Å². The largest absolute Gasteiger partial charge is 0.482 e. The van der Waals surface area contributed by atoms with Crippen molar-refractivity contribution in [2.24, 2.45) is 0 Å². The minimum Gasteiger partial charge on any atom is -0.482 e. The number of ether oxygens (including phenoxy) is 1. The van der Waals surface area contributed by atoms with Gasteiger partial charge in [-0.15, -0.1) is 0 Å². The fraction of sp³-hybridized carbons (Fsp3) is 0.333. The number of aromatic nitrogens is 3. The first kappa shape index (κ1) is 20.0. The summed E-state index contributed by atoms with van der Waals surface area (Å²) in [4.78, 5) is 4.25. The zero-order valence-electron chi connectivity index (χ0n) is 15.9. The lowest BCUT2D eigenvalue weighted by Gasteiger charge is -2.19. The average Bonchev–Trinajstić information content (AvgIpc) is 3.38. The van der Waals surface area contributed by atoms with Gasteiger partial charge in [0.1, 0.15) is 11.9 Å². The normalized spacial score (nSPS) is 15.6. The van der Waals surface area contributed by atoms with Crippen molar-refractivity contribution in [2.75, 3.05) is 5.73 Å². The van der Waals surface area contributed by atoms with Crippen LogP contribution in [0.1, 0.15) is 50.3 Å². The number of anilines is 1. The van der Waals surface area contributed by atoms with Crippen LogP contribution in [0, 0.1) is 5.82 Å². The van der Waals surface area contributed by atoms with E-state index in [1.165, 1.54) is 25.0 Å². The van der Waals surface area contributed by atoms with E-state index < -0.39 is 11.9 Å². The molecule has 2 N–H and O–H groups in total. The average molecular weight is 435 g/mol. The third kappa shape index (κ3) is 4.05. The number of hydrogen-bond acceptors (Lipinski definition) is 4. The number of hydrogen-bond donors (Lipinski definition) is 1. The van der Waals surface area contributed by atoms with Crippen molar-refractivity contribution in [3.63, 3.8) is 0 Å². The van der Waals surface area contributed by atoms with Crippen molar-refractivity contribution in [2.45, 2.75) is 44.8 Å². The summed E-state index contributed by atoms with van der Waals surface area (Å²) in [5.41, 5.74) is 8.14. The highest BCUT2D eigenvalue weighted by atomic mass is 35.5. The number of pyridine rings is 1. The van der Waals surface area contributed by atoms with Crippen LogP contribution >= 0.6 is 23.2 Å². The molecule has 29 heavy (non-hydrogen) atoms. The van der Waals surface area contributed by atoms with Gasteiger partial charge in [-0.3, -0.25) is 4.68 Å². The topological polar surface area (TPSA) is 66.0 Å². The second-order valence-corrected chi connectivity index (χ2v) is 8.06. The highest BCUT2D eigenvalue weighted by Crippen LogP contribution is 2.37. The van der Waals surface area contributed by atoms with Gasteiger partial charge in [0.15, 0.2) is 11.6 Å². The lowest BCUT2D eigenvalue weighted by atomic mass is 10.1. The third-order valence-electron chi connectivity index (χ3n) is 5.31. The Morgan fingerprint density at radius 1 is 1.21 bits per heavy atom. The summed E-state index contributed by atoms with van der Waals surface area (Å²) < 4.78 is 21.8. The van der Waals surface area contributed by atoms with Crippen molar-refractivity contribution in [1.82, 2.24) is 14.8 Å². The molecule has 1 aromatic carbocycles. The molecule has 1 saturated carbocycles. The fourth-order valence-electron chi connectivity index (χ4n) is 3.73. The predicted molar refractivity (Wildman–Crippen MR) is 113 cm³/mol. The molecule has 2 heterocycles. The molecule has 2 aromatic heterocycles. The first-order valence-corrected chi connectivity index (χ1v) is 10.3. The molecule has 1 fully saturated rings. The number of nitrogens with zero attached hydrogens (tertiary/aromatic N) is 3. The van der Waals surface area contributed by atoms with Crippen molar-refractivity contribution in [1.29, 1.82) is 0 Å². The van der Waals surface area contributed by atoms with Crippen LogP contribution in [0.5, 0.6) is 5.75 Å². The summed E-state index contributed by atoms with van der Waals surface area (Å²) in [7, 11) is 0. The number of rotatable bonds is 5. The molecule has 0 amide bonds. The zero-order valence-corrected chi connectivity index (χ0v) is 17.4. The van der Waals surface area contributed by atoms with E-state index in [0.717, 1.165) is 24.0 Å². The minimum absolute atomic E-state index is 0.0643. The second-order valence-electron chi connectivity index (χ2n) is 7.27. The molecular formula is C21H21Cl2FN4O. The molecule has 1 atom stereocenters. The molecule has 0 aliphatic heterocycles. The zero-order chi connectivity index (χ0) is 20.5. The Bertz CT molecular complexity index is 1030. The van der Waals surface area contributed by atoms with E-state index in [1.807, 2.05) is 17.1 Å². The van der Waals surface area contributed by atoms with E-state index in [0.29, 0.717) is 22.4 Å². The van der Waals surface area contributed by atoms with Crippen molar-refractivity contribution >= 4 is 29.0 Å². The monoisotopic (exact) mass is 434 g/mol. The van der Waals surface area contributed by atoms with Crippen LogP contribution in [0.4, 0.5) is 10.2 Å². The first-order valence-electron chi connectivity index (χ1n) is 9.54.